The van der Waals surface area contributed by atoms with Crippen LogP contribution in [0.15, 0.2) is 73.3 Å². The number of carbonyl (C=O) groups excluding carboxylic acids is 1. The number of ether oxygens (including phenoxy) is 3. The van der Waals surface area contributed by atoms with Gasteiger partial charge < -0.3 is 14.2 Å². The number of esters is 1. The van der Waals surface area contributed by atoms with Crippen molar-refractivity contribution in [2.75, 3.05) is 6.61 Å². The minimum atomic E-state index is -0.940. The Morgan fingerprint density at radius 1 is 1.03 bits per heavy atom. The molecule has 1 fully saturated rings. The lowest BCUT2D eigenvalue weighted by Gasteiger charge is -2.35. The molecule has 180 valence electrons. The van der Waals surface area contributed by atoms with Gasteiger partial charge in [-0.1, -0.05) is 79.4 Å². The summed E-state index contributed by atoms with van der Waals surface area (Å²) in [6, 6.07) is 17.8. The van der Waals surface area contributed by atoms with Crippen molar-refractivity contribution in [2.45, 2.75) is 58.0 Å². The van der Waals surface area contributed by atoms with E-state index in [1.807, 2.05) is 82.3 Å². The van der Waals surface area contributed by atoms with Gasteiger partial charge in [-0.15, -0.1) is 0 Å². The zero-order chi connectivity index (χ0) is 24.3. The monoisotopic (exact) mass is 460 g/mol. The van der Waals surface area contributed by atoms with Crippen molar-refractivity contribution >= 4 is 12.0 Å². The Morgan fingerprint density at radius 2 is 1.74 bits per heavy atom. The van der Waals surface area contributed by atoms with Gasteiger partial charge in [-0.05, 0) is 63.5 Å². The van der Waals surface area contributed by atoms with E-state index in [9.17, 15) is 4.79 Å². The molecule has 4 heteroatoms. The summed E-state index contributed by atoms with van der Waals surface area (Å²) in [6.45, 7) is 11.9. The first-order chi connectivity index (χ1) is 16.2. The van der Waals surface area contributed by atoms with Crippen LogP contribution in [0.5, 0.6) is 0 Å². The second-order valence-electron chi connectivity index (χ2n) is 10.6. The minimum Gasteiger partial charge on any atom is -0.452 e. The molecule has 0 saturated heterocycles. The van der Waals surface area contributed by atoms with E-state index in [-0.39, 0.29) is 18.5 Å². The number of benzene rings is 2. The highest BCUT2D eigenvalue weighted by Gasteiger charge is 2.44. The van der Waals surface area contributed by atoms with Gasteiger partial charge in [0.25, 0.3) is 0 Å². The zero-order valence-electron chi connectivity index (χ0n) is 20.7. The van der Waals surface area contributed by atoms with Crippen LogP contribution >= 0.6 is 0 Å². The van der Waals surface area contributed by atoms with Gasteiger partial charge in [0.05, 0.1) is 18.1 Å². The highest BCUT2D eigenvalue weighted by atomic mass is 16.7. The first kappa shape index (κ1) is 24.4. The number of hydrogen-bond acceptors (Lipinski definition) is 4. The molecule has 0 N–H and O–H groups in total. The van der Waals surface area contributed by atoms with Crippen molar-refractivity contribution < 1.29 is 19.0 Å². The normalized spacial score (nSPS) is 23.9. The molecule has 5 atom stereocenters. The third-order valence-corrected chi connectivity index (χ3v) is 6.71. The standard InChI is InChI=1S/C30H36O4/c1-6-21-12-15-23(16-13-21)28(34-29(2,3)4)32-20-30(5,25-10-8-7-9-11-25)33-27(31)26-19-22-14-17-24(26)18-22/h6-17,22,24,26,28H,1,18-20H2,2-5H3. The van der Waals surface area contributed by atoms with E-state index in [0.717, 1.165) is 29.5 Å². The van der Waals surface area contributed by atoms with Gasteiger partial charge in [-0.3, -0.25) is 4.79 Å². The van der Waals surface area contributed by atoms with E-state index in [1.54, 1.807) is 6.08 Å². The molecule has 0 radical (unpaired) electrons. The largest absolute Gasteiger partial charge is 0.452 e. The maximum absolute atomic E-state index is 13.3. The average Bonchev–Trinajstić information content (AvgIpc) is 3.46. The Bertz CT molecular complexity index is 1020. The van der Waals surface area contributed by atoms with Crippen LogP contribution in [0.1, 0.15) is 63.5 Å². The number of fused-ring (bicyclic) bond motifs is 2. The topological polar surface area (TPSA) is 44.8 Å². The first-order valence-corrected chi connectivity index (χ1v) is 12.2. The quantitative estimate of drug-likeness (QED) is 0.234. The average molecular weight is 461 g/mol. The summed E-state index contributed by atoms with van der Waals surface area (Å²) < 4.78 is 18.9. The van der Waals surface area contributed by atoms with Crippen molar-refractivity contribution in [1.29, 1.82) is 0 Å². The molecule has 2 aromatic carbocycles. The summed E-state index contributed by atoms with van der Waals surface area (Å²) in [6.07, 6.45) is 7.54. The lowest BCUT2D eigenvalue weighted by Crippen LogP contribution is -2.38. The molecule has 2 aliphatic carbocycles. The predicted molar refractivity (Wildman–Crippen MR) is 135 cm³/mol. The zero-order valence-corrected chi connectivity index (χ0v) is 20.7. The summed E-state index contributed by atoms with van der Waals surface area (Å²) in [4.78, 5) is 13.3. The molecule has 0 spiro atoms. The number of carbonyl (C=O) groups is 1. The van der Waals surface area contributed by atoms with Crippen molar-refractivity contribution in [3.8, 4) is 0 Å². The molecule has 4 rings (SSSR count). The minimum absolute atomic E-state index is 0.0777. The maximum Gasteiger partial charge on any atom is 0.310 e. The van der Waals surface area contributed by atoms with E-state index in [1.165, 1.54) is 0 Å². The Kier molecular flexibility index (Phi) is 7.11. The van der Waals surface area contributed by atoms with Crippen LogP contribution < -0.4 is 0 Å². The molecule has 5 unspecified atom stereocenters. The maximum atomic E-state index is 13.3. The van der Waals surface area contributed by atoms with E-state index < -0.39 is 17.5 Å². The van der Waals surface area contributed by atoms with Gasteiger partial charge in [0, 0.05) is 5.56 Å². The van der Waals surface area contributed by atoms with Crippen LogP contribution in [0, 0.1) is 17.8 Å². The van der Waals surface area contributed by atoms with Crippen molar-refractivity contribution in [1.82, 2.24) is 0 Å². The van der Waals surface area contributed by atoms with Gasteiger partial charge >= 0.3 is 5.97 Å². The van der Waals surface area contributed by atoms with Crippen molar-refractivity contribution in [2.24, 2.45) is 17.8 Å². The number of allylic oxidation sites excluding steroid dienone is 2. The van der Waals surface area contributed by atoms with E-state index in [4.69, 9.17) is 14.2 Å². The Hall–Kier alpha value is -2.69. The highest BCUT2D eigenvalue weighted by molar-refractivity contribution is 5.74. The second-order valence-corrected chi connectivity index (χ2v) is 10.6. The SMILES string of the molecule is C=Cc1ccc(C(OCC(C)(OC(=O)C2CC3C=CC2C3)c2ccccc2)OC(C)(C)C)cc1. The molecule has 4 nitrogen and oxygen atoms in total. The van der Waals surface area contributed by atoms with E-state index in [0.29, 0.717) is 11.8 Å². The van der Waals surface area contributed by atoms with Gasteiger partial charge in [0.1, 0.15) is 0 Å². The molecule has 2 bridgehead atoms. The molecule has 0 heterocycles. The molecule has 2 aliphatic rings. The molecular weight excluding hydrogens is 424 g/mol. The lowest BCUT2D eigenvalue weighted by molar-refractivity contribution is -0.227. The van der Waals surface area contributed by atoms with Crippen LogP contribution in [-0.4, -0.2) is 18.2 Å². The Morgan fingerprint density at radius 3 is 2.29 bits per heavy atom. The number of hydrogen-bond donors (Lipinski definition) is 0. The summed E-state index contributed by atoms with van der Waals surface area (Å²) in [5.41, 5.74) is 1.47. The van der Waals surface area contributed by atoms with Gasteiger partial charge in [-0.25, -0.2) is 0 Å². The third kappa shape index (κ3) is 5.68. The summed E-state index contributed by atoms with van der Waals surface area (Å²) in [5.74, 6) is 0.574. The number of rotatable bonds is 9. The summed E-state index contributed by atoms with van der Waals surface area (Å²) in [5, 5.41) is 0. The van der Waals surface area contributed by atoms with Crippen LogP contribution in [0.25, 0.3) is 6.08 Å². The highest BCUT2D eigenvalue weighted by Crippen LogP contribution is 2.45. The molecule has 34 heavy (non-hydrogen) atoms. The van der Waals surface area contributed by atoms with Gasteiger partial charge in [-0.2, -0.15) is 0 Å². The smallest absolute Gasteiger partial charge is 0.310 e. The van der Waals surface area contributed by atoms with Crippen LogP contribution in [0.4, 0.5) is 0 Å². The van der Waals surface area contributed by atoms with Gasteiger partial charge in [0.15, 0.2) is 11.9 Å². The molecule has 0 amide bonds. The van der Waals surface area contributed by atoms with Crippen LogP contribution in [-0.2, 0) is 24.6 Å². The van der Waals surface area contributed by atoms with Crippen LogP contribution in [0.2, 0.25) is 0 Å². The molecule has 0 aromatic heterocycles. The molecule has 2 aromatic rings. The van der Waals surface area contributed by atoms with Crippen molar-refractivity contribution in [3.63, 3.8) is 0 Å². The summed E-state index contributed by atoms with van der Waals surface area (Å²) >= 11 is 0. The fourth-order valence-electron chi connectivity index (χ4n) is 4.86. The second kappa shape index (κ2) is 9.89. The molecule has 1 saturated carbocycles. The van der Waals surface area contributed by atoms with Gasteiger partial charge in [0.2, 0.25) is 0 Å². The molecular formula is C30H36O4. The third-order valence-electron chi connectivity index (χ3n) is 6.71. The van der Waals surface area contributed by atoms with Crippen molar-refractivity contribution in [3.05, 3.63) is 90.0 Å². The van der Waals surface area contributed by atoms with Crippen LogP contribution in [0.3, 0.4) is 0 Å². The first-order valence-electron chi connectivity index (χ1n) is 12.2. The lowest BCUT2D eigenvalue weighted by atomic mass is 9.92. The fourth-order valence-corrected chi connectivity index (χ4v) is 4.86. The predicted octanol–water partition coefficient (Wildman–Crippen LogP) is 6.83. The van der Waals surface area contributed by atoms with E-state index >= 15 is 0 Å². The Balaban J connectivity index is 1.55. The van der Waals surface area contributed by atoms with E-state index in [2.05, 4.69) is 18.7 Å². The fraction of sp³-hybridized carbons (Fsp3) is 0.433. The Labute approximate surface area is 203 Å². The summed E-state index contributed by atoms with van der Waals surface area (Å²) in [7, 11) is 0. The molecule has 0 aliphatic heterocycles.